The van der Waals surface area contributed by atoms with Gasteiger partial charge in [0.25, 0.3) is 0 Å². The predicted molar refractivity (Wildman–Crippen MR) is 99.2 cm³/mol. The first kappa shape index (κ1) is 18.9. The quantitative estimate of drug-likeness (QED) is 0.799. The molecule has 134 valence electrons. The van der Waals surface area contributed by atoms with E-state index in [1.807, 2.05) is 31.2 Å². The van der Waals surface area contributed by atoms with Gasteiger partial charge >= 0.3 is 0 Å². The van der Waals surface area contributed by atoms with E-state index in [1.54, 1.807) is 27.4 Å². The summed E-state index contributed by atoms with van der Waals surface area (Å²) in [5.41, 5.74) is 2.58. The Bertz CT molecular complexity index is 736. The molecule has 0 aromatic heterocycles. The molecule has 0 spiro atoms. The van der Waals surface area contributed by atoms with Crippen molar-refractivity contribution in [2.24, 2.45) is 0 Å². The molecule has 5 nitrogen and oxygen atoms in total. The molecule has 0 aliphatic carbocycles. The second-order valence-corrected chi connectivity index (χ2v) is 5.95. The van der Waals surface area contributed by atoms with Gasteiger partial charge in [-0.2, -0.15) is 0 Å². The van der Waals surface area contributed by atoms with Gasteiger partial charge in [0.15, 0.2) is 11.5 Å². The number of benzene rings is 2. The molecule has 1 N–H and O–H groups in total. The minimum absolute atomic E-state index is 0.0892. The van der Waals surface area contributed by atoms with Crippen LogP contribution >= 0.6 is 11.6 Å². The third-order valence-corrected chi connectivity index (χ3v) is 4.23. The molecule has 1 amide bonds. The minimum Gasteiger partial charge on any atom is -0.493 e. The molecule has 0 aliphatic rings. The first-order valence-corrected chi connectivity index (χ1v) is 8.21. The molecule has 25 heavy (non-hydrogen) atoms. The molecule has 0 atom stereocenters. The topological polar surface area (TPSA) is 56.8 Å². The Balaban J connectivity index is 2.04. The number of amides is 1. The fourth-order valence-electron chi connectivity index (χ4n) is 2.43. The zero-order valence-electron chi connectivity index (χ0n) is 14.8. The predicted octanol–water partition coefficient (Wildman–Crippen LogP) is 4.25. The highest BCUT2D eigenvalue weighted by Gasteiger charge is 2.14. The van der Waals surface area contributed by atoms with Crippen LogP contribution in [-0.2, 0) is 11.2 Å². The van der Waals surface area contributed by atoms with Crippen LogP contribution in [-0.4, -0.2) is 27.2 Å². The van der Waals surface area contributed by atoms with Crippen molar-refractivity contribution in [1.82, 2.24) is 0 Å². The molecule has 0 fully saturated rings. The normalized spacial score (nSPS) is 10.3. The number of anilines is 1. The van der Waals surface area contributed by atoms with Crippen LogP contribution in [0.5, 0.6) is 17.2 Å². The highest BCUT2D eigenvalue weighted by atomic mass is 35.5. The van der Waals surface area contributed by atoms with Gasteiger partial charge in [-0.15, -0.1) is 0 Å². The molecule has 0 bridgehead atoms. The Labute approximate surface area is 152 Å². The van der Waals surface area contributed by atoms with E-state index < -0.39 is 0 Å². The molecule has 2 rings (SSSR count). The summed E-state index contributed by atoms with van der Waals surface area (Å²) >= 11 is 6.07. The first-order valence-electron chi connectivity index (χ1n) is 7.83. The molecule has 0 unspecified atom stereocenters. The maximum atomic E-state index is 12.2. The van der Waals surface area contributed by atoms with Crippen molar-refractivity contribution >= 4 is 23.2 Å². The number of carbonyl (C=O) groups is 1. The van der Waals surface area contributed by atoms with Crippen LogP contribution in [0, 0.1) is 6.92 Å². The third kappa shape index (κ3) is 4.79. The molecule has 0 aliphatic heterocycles. The number of hydrogen-bond acceptors (Lipinski definition) is 4. The third-order valence-electron chi connectivity index (χ3n) is 3.82. The summed E-state index contributed by atoms with van der Waals surface area (Å²) in [4.78, 5) is 12.2. The molecular weight excluding hydrogens is 342 g/mol. The van der Waals surface area contributed by atoms with Gasteiger partial charge in [0.05, 0.1) is 21.3 Å². The van der Waals surface area contributed by atoms with Gasteiger partial charge in [0.2, 0.25) is 11.7 Å². The highest BCUT2D eigenvalue weighted by Crippen LogP contribution is 2.38. The van der Waals surface area contributed by atoms with E-state index in [1.165, 1.54) is 0 Å². The van der Waals surface area contributed by atoms with E-state index in [0.29, 0.717) is 40.8 Å². The maximum Gasteiger partial charge on any atom is 0.224 e. The minimum atomic E-state index is -0.0892. The lowest BCUT2D eigenvalue weighted by Gasteiger charge is -2.14. The number of ether oxygens (including phenoxy) is 3. The van der Waals surface area contributed by atoms with Gasteiger partial charge in [0.1, 0.15) is 0 Å². The Morgan fingerprint density at radius 2 is 1.68 bits per heavy atom. The van der Waals surface area contributed by atoms with Gasteiger partial charge in [-0.1, -0.05) is 17.7 Å². The molecule has 2 aromatic rings. The summed E-state index contributed by atoms with van der Waals surface area (Å²) in [6, 6.07) is 9.14. The fourth-order valence-corrected chi connectivity index (χ4v) is 2.61. The first-order chi connectivity index (χ1) is 12.0. The highest BCUT2D eigenvalue weighted by molar-refractivity contribution is 6.31. The van der Waals surface area contributed by atoms with Gasteiger partial charge in [-0.3, -0.25) is 4.79 Å². The monoisotopic (exact) mass is 363 g/mol. The van der Waals surface area contributed by atoms with E-state index in [2.05, 4.69) is 5.32 Å². The summed E-state index contributed by atoms with van der Waals surface area (Å²) in [5, 5.41) is 3.48. The summed E-state index contributed by atoms with van der Waals surface area (Å²) < 4.78 is 15.9. The Morgan fingerprint density at radius 1 is 1.04 bits per heavy atom. The number of methoxy groups -OCH3 is 3. The van der Waals surface area contributed by atoms with Crippen molar-refractivity contribution in [2.75, 3.05) is 26.6 Å². The summed E-state index contributed by atoms with van der Waals surface area (Å²) in [6.07, 6.45) is 0.867. The number of nitrogens with one attached hydrogen (secondary N) is 1. The standard InChI is InChI=1S/C19H22ClNO4/c1-12-5-7-14(11-15(12)20)21-18(22)8-6-13-9-16(23-2)19(25-4)17(10-13)24-3/h5,7,9-11H,6,8H2,1-4H3,(H,21,22). The van der Waals surface area contributed by atoms with Crippen molar-refractivity contribution in [1.29, 1.82) is 0 Å². The second-order valence-electron chi connectivity index (χ2n) is 5.55. The van der Waals surface area contributed by atoms with Gasteiger partial charge in [-0.05, 0) is 48.7 Å². The van der Waals surface area contributed by atoms with Crippen molar-refractivity contribution in [3.8, 4) is 17.2 Å². The van der Waals surface area contributed by atoms with Crippen LogP contribution in [0.25, 0.3) is 0 Å². The average Bonchev–Trinajstić information content (AvgIpc) is 2.62. The van der Waals surface area contributed by atoms with Crippen molar-refractivity contribution < 1.29 is 19.0 Å². The van der Waals surface area contributed by atoms with Crippen LogP contribution in [0.4, 0.5) is 5.69 Å². The smallest absolute Gasteiger partial charge is 0.224 e. The van der Waals surface area contributed by atoms with E-state index in [9.17, 15) is 4.79 Å². The maximum absolute atomic E-state index is 12.2. The number of halogens is 1. The average molecular weight is 364 g/mol. The van der Waals surface area contributed by atoms with E-state index in [4.69, 9.17) is 25.8 Å². The molecule has 0 heterocycles. The van der Waals surface area contributed by atoms with Crippen LogP contribution < -0.4 is 19.5 Å². The number of rotatable bonds is 7. The van der Waals surface area contributed by atoms with Crippen molar-refractivity contribution in [3.05, 3.63) is 46.5 Å². The SMILES string of the molecule is COc1cc(CCC(=O)Nc2ccc(C)c(Cl)c2)cc(OC)c1OC. The van der Waals surface area contributed by atoms with Gasteiger partial charge in [-0.25, -0.2) is 0 Å². The molecule has 0 saturated carbocycles. The van der Waals surface area contributed by atoms with Crippen LogP contribution in [0.3, 0.4) is 0 Å². The fraction of sp³-hybridized carbons (Fsp3) is 0.316. The molecule has 0 radical (unpaired) electrons. The van der Waals surface area contributed by atoms with E-state index in [-0.39, 0.29) is 5.91 Å². The molecule has 0 saturated heterocycles. The van der Waals surface area contributed by atoms with Gasteiger partial charge in [0, 0.05) is 17.1 Å². The lowest BCUT2D eigenvalue weighted by molar-refractivity contribution is -0.116. The molecular formula is C19H22ClNO4. The zero-order chi connectivity index (χ0) is 18.4. The van der Waals surface area contributed by atoms with Gasteiger partial charge < -0.3 is 19.5 Å². The number of carbonyl (C=O) groups excluding carboxylic acids is 1. The second kappa shape index (κ2) is 8.62. The molecule has 6 heteroatoms. The van der Waals surface area contributed by atoms with Crippen LogP contribution in [0.15, 0.2) is 30.3 Å². The summed E-state index contributed by atoms with van der Waals surface area (Å²) in [6.45, 7) is 1.92. The Kier molecular flexibility index (Phi) is 6.53. The lowest BCUT2D eigenvalue weighted by atomic mass is 10.1. The van der Waals surface area contributed by atoms with E-state index >= 15 is 0 Å². The van der Waals surface area contributed by atoms with Crippen molar-refractivity contribution in [2.45, 2.75) is 19.8 Å². The summed E-state index contributed by atoms with van der Waals surface area (Å²) in [7, 11) is 4.68. The zero-order valence-corrected chi connectivity index (χ0v) is 15.6. The molecule has 2 aromatic carbocycles. The van der Waals surface area contributed by atoms with Crippen LogP contribution in [0.2, 0.25) is 5.02 Å². The Morgan fingerprint density at radius 3 is 2.20 bits per heavy atom. The lowest BCUT2D eigenvalue weighted by Crippen LogP contribution is -2.12. The largest absolute Gasteiger partial charge is 0.493 e. The van der Waals surface area contributed by atoms with E-state index in [0.717, 1.165) is 11.1 Å². The Hall–Kier alpha value is -2.40. The number of hydrogen-bond donors (Lipinski definition) is 1. The van der Waals surface area contributed by atoms with Crippen molar-refractivity contribution in [3.63, 3.8) is 0 Å². The van der Waals surface area contributed by atoms with Crippen LogP contribution in [0.1, 0.15) is 17.5 Å². The number of aryl methyl sites for hydroxylation is 2. The summed E-state index contributed by atoms with van der Waals surface area (Å²) in [5.74, 6) is 1.59.